The minimum absolute atomic E-state index is 0.0727. The molecule has 1 N–H and O–H groups in total. The number of amides is 1. The number of hydrogen-bond donors (Lipinski definition) is 1. The molecule has 3 heterocycles. The number of benzene rings is 1. The Morgan fingerprint density at radius 3 is 2.29 bits per heavy atom. The second kappa shape index (κ2) is 8.32. The van der Waals surface area contributed by atoms with Crippen LogP contribution in [0.4, 0.5) is 23.4 Å². The van der Waals surface area contributed by atoms with E-state index in [1.54, 1.807) is 11.0 Å². The molecule has 4 bridgehead atoms. The molecule has 3 aromatic rings. The van der Waals surface area contributed by atoms with Gasteiger partial charge in [-0.25, -0.2) is 22.5 Å². The number of nitrogens with zero attached hydrogens (tertiary/aromatic N) is 3. The molecule has 6 aliphatic rings. The van der Waals surface area contributed by atoms with Crippen LogP contribution >= 0.6 is 0 Å². The molecule has 6 fully saturated rings. The summed E-state index contributed by atoms with van der Waals surface area (Å²) in [5.74, 6) is -2.69. The molecule has 1 amide bonds. The van der Waals surface area contributed by atoms with Crippen molar-refractivity contribution in [1.82, 2.24) is 14.9 Å². The molecule has 6 nitrogen and oxygen atoms in total. The topological polar surface area (TPSA) is 67.2 Å². The Hall–Kier alpha value is -3.43. The highest BCUT2D eigenvalue weighted by molar-refractivity contribution is 5.98. The average Bonchev–Trinajstić information content (AvgIpc) is 3.20. The van der Waals surface area contributed by atoms with E-state index < -0.39 is 34.3 Å². The number of nitrogens with one attached hydrogen (secondary N) is 1. The molecule has 2 aromatic heterocycles. The zero-order chi connectivity index (χ0) is 28.3. The van der Waals surface area contributed by atoms with E-state index in [1.807, 2.05) is 0 Å². The van der Waals surface area contributed by atoms with Gasteiger partial charge in [0.1, 0.15) is 23.0 Å². The van der Waals surface area contributed by atoms with Crippen LogP contribution in [0.5, 0.6) is 0 Å². The Bertz CT molecular complexity index is 1650. The monoisotopic (exact) mass is 566 g/mol. The van der Waals surface area contributed by atoms with Crippen molar-refractivity contribution in [2.75, 3.05) is 18.0 Å². The summed E-state index contributed by atoms with van der Waals surface area (Å²) in [6, 6.07) is 6.18. The van der Waals surface area contributed by atoms with Gasteiger partial charge >= 0.3 is 0 Å². The van der Waals surface area contributed by atoms with Crippen LogP contribution in [0.3, 0.4) is 0 Å². The van der Waals surface area contributed by atoms with Gasteiger partial charge in [-0.3, -0.25) is 14.2 Å². The van der Waals surface area contributed by atoms with Gasteiger partial charge in [-0.1, -0.05) is 0 Å². The van der Waals surface area contributed by atoms with Gasteiger partial charge < -0.3 is 10.2 Å². The van der Waals surface area contributed by atoms with Crippen LogP contribution in [0.25, 0.3) is 16.7 Å². The number of carbonyl (C=O) groups excluding carboxylic acids is 1. The Balaban J connectivity index is 1.21. The molecular weight excluding hydrogens is 536 g/mol. The second-order valence-corrected chi connectivity index (χ2v) is 13.4. The number of pyridine rings is 2. The number of fused-ring (bicyclic) bond motifs is 1. The Labute approximate surface area is 233 Å². The van der Waals surface area contributed by atoms with Crippen LogP contribution in [0.1, 0.15) is 61.7 Å². The van der Waals surface area contributed by atoms with Crippen molar-refractivity contribution in [2.45, 2.75) is 62.8 Å². The smallest absolute Gasteiger partial charge is 0.257 e. The SMILES string of the molecule is O=C(NC12CC3CC(CC(C3)C1)C2)c1cn(-c2ccc(F)cc2F)c2nc(N3CCC4(C3)CC4(F)F)ccc2c1=O. The predicted octanol–water partition coefficient (Wildman–Crippen LogP) is 5.60. The molecule has 9 rings (SSSR count). The number of alkyl halides is 2. The van der Waals surface area contributed by atoms with Crippen molar-refractivity contribution in [3.8, 4) is 5.69 Å². The lowest BCUT2D eigenvalue weighted by Crippen LogP contribution is -2.60. The summed E-state index contributed by atoms with van der Waals surface area (Å²) >= 11 is 0. The van der Waals surface area contributed by atoms with E-state index in [9.17, 15) is 22.8 Å². The molecule has 10 heteroatoms. The Morgan fingerprint density at radius 1 is 1.00 bits per heavy atom. The van der Waals surface area contributed by atoms with Gasteiger partial charge in [0.15, 0.2) is 5.65 Å². The van der Waals surface area contributed by atoms with Crippen LogP contribution < -0.4 is 15.6 Å². The lowest BCUT2D eigenvalue weighted by Gasteiger charge is -2.56. The molecule has 1 atom stereocenters. The van der Waals surface area contributed by atoms with E-state index in [2.05, 4.69) is 10.3 Å². The first-order valence-corrected chi connectivity index (χ1v) is 14.5. The van der Waals surface area contributed by atoms with Crippen molar-refractivity contribution in [1.29, 1.82) is 0 Å². The molecule has 214 valence electrons. The van der Waals surface area contributed by atoms with E-state index in [-0.39, 0.29) is 40.8 Å². The van der Waals surface area contributed by atoms with Crippen molar-refractivity contribution in [3.63, 3.8) is 0 Å². The largest absolute Gasteiger partial charge is 0.356 e. The molecule has 5 saturated carbocycles. The minimum Gasteiger partial charge on any atom is -0.356 e. The van der Waals surface area contributed by atoms with Crippen LogP contribution in [-0.4, -0.2) is 40.0 Å². The van der Waals surface area contributed by atoms with Crippen LogP contribution in [-0.2, 0) is 0 Å². The third-order valence-corrected chi connectivity index (χ3v) is 10.6. The number of hydrogen-bond acceptors (Lipinski definition) is 4. The summed E-state index contributed by atoms with van der Waals surface area (Å²) in [6.07, 6.45) is 7.78. The average molecular weight is 567 g/mol. The summed E-state index contributed by atoms with van der Waals surface area (Å²) < 4.78 is 58.3. The highest BCUT2D eigenvalue weighted by Gasteiger charge is 2.72. The van der Waals surface area contributed by atoms with Gasteiger partial charge in [-0.15, -0.1) is 0 Å². The van der Waals surface area contributed by atoms with E-state index >= 15 is 4.39 Å². The summed E-state index contributed by atoms with van der Waals surface area (Å²) in [6.45, 7) is 0.522. The van der Waals surface area contributed by atoms with Gasteiger partial charge in [0.25, 0.3) is 11.8 Å². The fourth-order valence-electron chi connectivity index (χ4n) is 8.85. The molecule has 41 heavy (non-hydrogen) atoms. The molecule has 1 aromatic carbocycles. The second-order valence-electron chi connectivity index (χ2n) is 13.4. The number of halogens is 4. The first-order chi connectivity index (χ1) is 19.5. The van der Waals surface area contributed by atoms with Gasteiger partial charge in [0.05, 0.1) is 16.5 Å². The number of aromatic nitrogens is 2. The maximum Gasteiger partial charge on any atom is 0.257 e. The zero-order valence-corrected chi connectivity index (χ0v) is 22.4. The zero-order valence-electron chi connectivity index (χ0n) is 22.4. The Kier molecular flexibility index (Phi) is 5.13. The molecule has 0 radical (unpaired) electrons. The number of carbonyl (C=O) groups is 1. The molecule has 1 aliphatic heterocycles. The highest BCUT2D eigenvalue weighted by Crippen LogP contribution is 2.65. The molecule has 1 saturated heterocycles. The van der Waals surface area contributed by atoms with Crippen molar-refractivity contribution < 1.29 is 22.4 Å². The fraction of sp³-hybridized carbons (Fsp3) is 0.516. The van der Waals surface area contributed by atoms with Crippen LogP contribution in [0.2, 0.25) is 0 Å². The summed E-state index contributed by atoms with van der Waals surface area (Å²) in [4.78, 5) is 33.9. The fourth-order valence-corrected chi connectivity index (χ4v) is 8.85. The molecule has 1 spiro atoms. The summed E-state index contributed by atoms with van der Waals surface area (Å²) in [7, 11) is 0. The highest BCUT2D eigenvalue weighted by atomic mass is 19.3. The third kappa shape index (κ3) is 3.85. The standard InChI is InChI=1S/C31H30F4N4O2/c32-20-1-3-24(23(33)10-20)39-14-22(28(41)37-30-11-17-7-18(12-30)9-19(8-17)13-30)26(40)21-2-4-25(36-27(21)39)38-6-5-29(16-38)15-31(29,34)35/h1-4,10,14,17-19H,5-9,11-13,15-16H2,(H,37,41). The number of anilines is 1. The molecule has 1 unspecified atom stereocenters. The predicted molar refractivity (Wildman–Crippen MR) is 144 cm³/mol. The quantitative estimate of drug-likeness (QED) is 0.418. The van der Waals surface area contributed by atoms with E-state index in [0.717, 1.165) is 31.4 Å². The van der Waals surface area contributed by atoms with Crippen LogP contribution in [0, 0.1) is 34.8 Å². The lowest BCUT2D eigenvalue weighted by molar-refractivity contribution is -0.0167. The van der Waals surface area contributed by atoms with Crippen molar-refractivity contribution >= 4 is 22.8 Å². The maximum atomic E-state index is 15.1. The van der Waals surface area contributed by atoms with Crippen molar-refractivity contribution in [2.24, 2.45) is 23.2 Å². The number of rotatable bonds is 4. The lowest BCUT2D eigenvalue weighted by atomic mass is 9.53. The Morgan fingerprint density at radius 2 is 1.68 bits per heavy atom. The van der Waals surface area contributed by atoms with Crippen molar-refractivity contribution in [3.05, 3.63) is 63.9 Å². The maximum absolute atomic E-state index is 15.1. The minimum atomic E-state index is -2.70. The first kappa shape index (κ1) is 25.3. The van der Waals surface area contributed by atoms with E-state index in [0.29, 0.717) is 36.5 Å². The van der Waals surface area contributed by atoms with Gasteiger partial charge in [-0.2, -0.15) is 0 Å². The third-order valence-electron chi connectivity index (χ3n) is 10.6. The first-order valence-electron chi connectivity index (χ1n) is 14.5. The van der Waals surface area contributed by atoms with Gasteiger partial charge in [0, 0.05) is 37.3 Å². The van der Waals surface area contributed by atoms with E-state index in [4.69, 9.17) is 0 Å². The van der Waals surface area contributed by atoms with Crippen LogP contribution in [0.15, 0.2) is 41.3 Å². The molecule has 5 aliphatic carbocycles. The van der Waals surface area contributed by atoms with Gasteiger partial charge in [0.2, 0.25) is 5.43 Å². The molecular formula is C31H30F4N4O2. The normalized spacial score (nSPS) is 32.7. The van der Waals surface area contributed by atoms with Gasteiger partial charge in [-0.05, 0) is 87.0 Å². The summed E-state index contributed by atoms with van der Waals surface area (Å²) in [5.41, 5.74) is -2.05. The summed E-state index contributed by atoms with van der Waals surface area (Å²) in [5, 5.41) is 3.32. The van der Waals surface area contributed by atoms with E-state index in [1.165, 1.54) is 42.2 Å².